The second-order valence-electron chi connectivity index (χ2n) is 7.67. The molecule has 0 radical (unpaired) electrons. The fraction of sp³-hybridized carbons (Fsp3) is 0.421. The monoisotopic (exact) mass is 448 g/mol. The summed E-state index contributed by atoms with van der Waals surface area (Å²) in [7, 11) is -0.583. The number of hydrogen-bond acceptors (Lipinski definition) is 7. The third kappa shape index (κ3) is 3.19. The number of fused-ring (bicyclic) bond motifs is 1. The van der Waals surface area contributed by atoms with E-state index in [9.17, 15) is 8.42 Å². The number of sulfonamides is 1. The Balaban J connectivity index is 1.32. The molecule has 1 saturated heterocycles. The maximum Gasteiger partial charge on any atom is 0.243 e. The quantitative estimate of drug-likeness (QED) is 0.570. The second-order valence-corrected chi connectivity index (χ2v) is 10.1. The summed E-state index contributed by atoms with van der Waals surface area (Å²) < 4.78 is 34.3. The van der Waals surface area contributed by atoms with Crippen molar-refractivity contribution in [3.05, 3.63) is 41.2 Å². The third-order valence-electron chi connectivity index (χ3n) is 5.72. The van der Waals surface area contributed by atoms with Gasteiger partial charge in [0.15, 0.2) is 11.5 Å². The molecular formula is C19H21ClN6O3S. The Labute approximate surface area is 179 Å². The predicted octanol–water partition coefficient (Wildman–Crippen LogP) is 2.17. The number of hydrogen-bond donors (Lipinski definition) is 0. The minimum Gasteiger partial charge on any atom is -0.495 e. The molecule has 1 saturated carbocycles. The van der Waals surface area contributed by atoms with Crippen molar-refractivity contribution in [3.8, 4) is 5.75 Å². The van der Waals surface area contributed by atoms with Crippen LogP contribution < -0.4 is 9.64 Å². The minimum absolute atomic E-state index is 0.146. The van der Waals surface area contributed by atoms with Crippen LogP contribution in [0.5, 0.6) is 5.75 Å². The van der Waals surface area contributed by atoms with E-state index in [-0.39, 0.29) is 16.0 Å². The van der Waals surface area contributed by atoms with Crippen LogP contribution >= 0.6 is 11.6 Å². The summed E-state index contributed by atoms with van der Waals surface area (Å²) in [6.45, 7) is 1.11. The average Bonchev–Trinajstić information content (AvgIpc) is 3.45. The highest BCUT2D eigenvalue weighted by atomic mass is 35.5. The molecule has 3 heterocycles. The number of ether oxygens (including phenoxy) is 1. The Hall–Kier alpha value is -2.43. The van der Waals surface area contributed by atoms with Gasteiger partial charge in [-0.1, -0.05) is 11.6 Å². The van der Waals surface area contributed by atoms with E-state index in [2.05, 4.69) is 15.3 Å². The van der Waals surface area contributed by atoms with Crippen molar-refractivity contribution < 1.29 is 13.2 Å². The normalized spacial score (nSPS) is 17.5. The van der Waals surface area contributed by atoms with E-state index in [0.29, 0.717) is 24.8 Å². The fourth-order valence-corrected chi connectivity index (χ4v) is 5.29. The molecule has 0 atom stereocenters. The van der Waals surface area contributed by atoms with Gasteiger partial charge in [0.1, 0.15) is 11.6 Å². The molecule has 30 heavy (non-hydrogen) atoms. The molecule has 0 amide bonds. The second kappa shape index (κ2) is 7.07. The lowest BCUT2D eigenvalue weighted by molar-refractivity contribution is 0.309. The van der Waals surface area contributed by atoms with Crippen molar-refractivity contribution in [2.75, 3.05) is 32.1 Å². The van der Waals surface area contributed by atoms with Crippen LogP contribution in [0.2, 0.25) is 5.02 Å². The van der Waals surface area contributed by atoms with Gasteiger partial charge in [-0.25, -0.2) is 8.42 Å². The first-order valence-corrected chi connectivity index (χ1v) is 11.5. The van der Waals surface area contributed by atoms with E-state index in [4.69, 9.17) is 16.3 Å². The zero-order valence-electron chi connectivity index (χ0n) is 16.6. The summed E-state index contributed by atoms with van der Waals surface area (Å²) in [4.78, 5) is 2.20. The van der Waals surface area contributed by atoms with Crippen LogP contribution in [0.15, 0.2) is 35.2 Å². The van der Waals surface area contributed by atoms with Crippen molar-refractivity contribution in [2.24, 2.45) is 0 Å². The van der Waals surface area contributed by atoms with E-state index in [1.54, 1.807) is 17.6 Å². The molecule has 2 fully saturated rings. The molecule has 2 aromatic heterocycles. The fourth-order valence-electron chi connectivity index (χ4n) is 3.60. The molecule has 2 aliphatic rings. The van der Waals surface area contributed by atoms with E-state index >= 15 is 0 Å². The zero-order chi connectivity index (χ0) is 21.0. The summed E-state index contributed by atoms with van der Waals surface area (Å²) in [5, 5.41) is 13.4. The zero-order valence-corrected chi connectivity index (χ0v) is 18.1. The van der Waals surface area contributed by atoms with Crippen LogP contribution in [-0.4, -0.2) is 65.8 Å². The molecule has 5 rings (SSSR count). The Bertz CT molecular complexity index is 1220. The Morgan fingerprint density at radius 1 is 1.17 bits per heavy atom. The maximum absolute atomic E-state index is 13.0. The van der Waals surface area contributed by atoms with Gasteiger partial charge < -0.3 is 9.64 Å². The largest absolute Gasteiger partial charge is 0.495 e. The number of benzene rings is 1. The smallest absolute Gasteiger partial charge is 0.243 e. The first-order valence-electron chi connectivity index (χ1n) is 9.67. The highest BCUT2D eigenvalue weighted by molar-refractivity contribution is 7.89. The van der Waals surface area contributed by atoms with Crippen LogP contribution in [-0.2, 0) is 10.0 Å². The van der Waals surface area contributed by atoms with Gasteiger partial charge in [0.25, 0.3) is 0 Å². The van der Waals surface area contributed by atoms with Gasteiger partial charge in [0.05, 0.1) is 23.1 Å². The SMILES string of the molecule is COc1ccc(S(=O)(=O)N(C)C2CN(c3ccc4nnc(C5CC5)n4n3)C2)cc1Cl. The van der Waals surface area contributed by atoms with Crippen molar-refractivity contribution in [1.29, 1.82) is 0 Å². The lowest BCUT2D eigenvalue weighted by Gasteiger charge is -2.43. The maximum atomic E-state index is 13.0. The van der Waals surface area contributed by atoms with Crippen LogP contribution in [0.4, 0.5) is 5.82 Å². The van der Waals surface area contributed by atoms with E-state index in [0.717, 1.165) is 30.1 Å². The number of halogens is 1. The number of nitrogens with zero attached hydrogens (tertiary/aromatic N) is 6. The highest BCUT2D eigenvalue weighted by Gasteiger charge is 2.38. The van der Waals surface area contributed by atoms with Crippen molar-refractivity contribution >= 4 is 33.1 Å². The predicted molar refractivity (Wildman–Crippen MR) is 112 cm³/mol. The summed E-state index contributed by atoms with van der Waals surface area (Å²) in [6, 6.07) is 8.13. The van der Waals surface area contributed by atoms with Gasteiger partial charge in [0.2, 0.25) is 10.0 Å². The molecule has 3 aromatic rings. The topological polar surface area (TPSA) is 92.9 Å². The highest BCUT2D eigenvalue weighted by Crippen LogP contribution is 2.39. The summed E-state index contributed by atoms with van der Waals surface area (Å²) >= 11 is 6.11. The molecule has 1 aromatic carbocycles. The van der Waals surface area contributed by atoms with Crippen molar-refractivity contribution in [2.45, 2.75) is 29.7 Å². The summed E-state index contributed by atoms with van der Waals surface area (Å²) in [6.07, 6.45) is 2.24. The molecule has 0 unspecified atom stereocenters. The van der Waals surface area contributed by atoms with Crippen LogP contribution in [0.3, 0.4) is 0 Å². The molecular weight excluding hydrogens is 428 g/mol. The molecule has 0 bridgehead atoms. The Kier molecular flexibility index (Phi) is 4.60. The lowest BCUT2D eigenvalue weighted by atomic mass is 10.1. The van der Waals surface area contributed by atoms with Crippen LogP contribution in [0.1, 0.15) is 24.6 Å². The van der Waals surface area contributed by atoms with Crippen molar-refractivity contribution in [3.63, 3.8) is 0 Å². The van der Waals surface area contributed by atoms with Gasteiger partial charge in [-0.05, 0) is 43.2 Å². The number of methoxy groups -OCH3 is 1. The first-order chi connectivity index (χ1) is 14.4. The molecule has 9 nitrogen and oxygen atoms in total. The first kappa shape index (κ1) is 19.5. The van der Waals surface area contributed by atoms with Crippen molar-refractivity contribution in [1.82, 2.24) is 24.1 Å². The van der Waals surface area contributed by atoms with Gasteiger partial charge >= 0.3 is 0 Å². The van der Waals surface area contributed by atoms with Gasteiger partial charge in [-0.3, -0.25) is 0 Å². The summed E-state index contributed by atoms with van der Waals surface area (Å²) in [5.74, 6) is 2.58. The lowest BCUT2D eigenvalue weighted by Crippen LogP contribution is -2.60. The van der Waals surface area contributed by atoms with E-state index < -0.39 is 10.0 Å². The standard InChI is InChI=1S/C19H21ClN6O3S/c1-24(30(27,28)14-5-6-16(29-2)15(20)9-14)13-10-25(11-13)18-8-7-17-21-22-19(12-3-4-12)26(17)23-18/h5-9,12-13H,3-4,10-11H2,1-2H3. The molecule has 11 heteroatoms. The molecule has 1 aliphatic heterocycles. The average molecular weight is 449 g/mol. The molecule has 0 spiro atoms. The Morgan fingerprint density at radius 2 is 1.93 bits per heavy atom. The van der Waals surface area contributed by atoms with Gasteiger partial charge in [-0.2, -0.15) is 8.82 Å². The Morgan fingerprint density at radius 3 is 2.60 bits per heavy atom. The number of rotatable bonds is 6. The number of anilines is 1. The van der Waals surface area contributed by atoms with E-state index in [1.165, 1.54) is 23.5 Å². The third-order valence-corrected chi connectivity index (χ3v) is 7.92. The molecule has 0 N–H and O–H groups in total. The molecule has 158 valence electrons. The van der Waals surface area contributed by atoms with Gasteiger partial charge in [0, 0.05) is 26.1 Å². The van der Waals surface area contributed by atoms with Gasteiger partial charge in [-0.15, -0.1) is 15.3 Å². The molecule has 1 aliphatic carbocycles. The van der Waals surface area contributed by atoms with Crippen LogP contribution in [0.25, 0.3) is 5.65 Å². The minimum atomic E-state index is -3.67. The summed E-state index contributed by atoms with van der Waals surface area (Å²) in [5.41, 5.74) is 0.730. The number of aromatic nitrogens is 4. The number of likely N-dealkylation sites (N-methyl/N-ethyl adjacent to an activating group) is 1. The van der Waals surface area contributed by atoms with E-state index in [1.807, 2.05) is 17.0 Å². The van der Waals surface area contributed by atoms with Crippen LogP contribution in [0, 0.1) is 0 Å².